The van der Waals surface area contributed by atoms with Crippen molar-refractivity contribution in [2.45, 2.75) is 24.9 Å². The molecule has 3 N–H and O–H groups in total. The van der Waals surface area contributed by atoms with E-state index in [0.29, 0.717) is 5.56 Å². The van der Waals surface area contributed by atoms with Gasteiger partial charge in [0, 0.05) is 5.92 Å². The van der Waals surface area contributed by atoms with Crippen LogP contribution < -0.4 is 0 Å². The standard InChI is InChI=1S/C15H14O6/c16-8-2-1-6(3-10(8)18)13-11(19)4-7-9(17)5-12(20)14(13)15(7)21/h1-3,7,11,13-14,16,18-19H,4-5H2. The molecule has 4 atom stereocenters. The van der Waals surface area contributed by atoms with Crippen LogP contribution in [0.1, 0.15) is 24.3 Å². The van der Waals surface area contributed by atoms with Crippen LogP contribution in [0.5, 0.6) is 11.5 Å². The van der Waals surface area contributed by atoms with E-state index in [4.69, 9.17) is 0 Å². The lowest BCUT2D eigenvalue weighted by molar-refractivity contribution is -0.152. The average Bonchev–Trinajstić information content (AvgIpc) is 2.41. The van der Waals surface area contributed by atoms with Crippen molar-refractivity contribution in [3.63, 3.8) is 0 Å². The Morgan fingerprint density at radius 3 is 2.38 bits per heavy atom. The molecular weight excluding hydrogens is 276 g/mol. The number of rotatable bonds is 1. The third kappa shape index (κ3) is 2.03. The molecule has 1 aromatic rings. The van der Waals surface area contributed by atoms with E-state index in [-0.39, 0.29) is 24.3 Å². The van der Waals surface area contributed by atoms with Gasteiger partial charge < -0.3 is 15.3 Å². The van der Waals surface area contributed by atoms with Crippen LogP contribution in [0.25, 0.3) is 0 Å². The highest BCUT2D eigenvalue weighted by Gasteiger charge is 2.53. The largest absolute Gasteiger partial charge is 0.504 e. The molecule has 3 rings (SSSR count). The van der Waals surface area contributed by atoms with Gasteiger partial charge in [-0.15, -0.1) is 0 Å². The number of fused-ring (bicyclic) bond motifs is 2. The number of Topliss-reactive ketones (excluding diaryl/α,β-unsaturated/α-hetero) is 3. The molecule has 2 aliphatic carbocycles. The molecule has 0 saturated heterocycles. The second-order valence-corrected chi connectivity index (χ2v) is 5.62. The smallest absolute Gasteiger partial charge is 0.157 e. The van der Waals surface area contributed by atoms with Gasteiger partial charge in [-0.05, 0) is 24.1 Å². The lowest BCUT2D eigenvalue weighted by Crippen LogP contribution is -2.52. The Labute approximate surface area is 120 Å². The molecule has 0 radical (unpaired) electrons. The predicted molar refractivity (Wildman–Crippen MR) is 69.8 cm³/mol. The topological polar surface area (TPSA) is 112 Å². The van der Waals surface area contributed by atoms with Crippen LogP contribution in [0, 0.1) is 11.8 Å². The van der Waals surface area contributed by atoms with Crippen molar-refractivity contribution in [1.29, 1.82) is 0 Å². The minimum Gasteiger partial charge on any atom is -0.504 e. The van der Waals surface area contributed by atoms with E-state index in [1.807, 2.05) is 0 Å². The third-order valence-electron chi connectivity index (χ3n) is 4.37. The van der Waals surface area contributed by atoms with Gasteiger partial charge in [0.25, 0.3) is 0 Å². The normalized spacial score (nSPS) is 32.3. The number of ketones is 3. The van der Waals surface area contributed by atoms with Crippen LogP contribution >= 0.6 is 0 Å². The van der Waals surface area contributed by atoms with E-state index in [0.717, 1.165) is 0 Å². The number of aliphatic hydroxyl groups is 1. The van der Waals surface area contributed by atoms with Gasteiger partial charge in [-0.2, -0.15) is 0 Å². The molecule has 0 spiro atoms. The molecule has 0 heterocycles. The van der Waals surface area contributed by atoms with Crippen LogP contribution in [-0.4, -0.2) is 38.8 Å². The van der Waals surface area contributed by atoms with Gasteiger partial charge in [-0.3, -0.25) is 14.4 Å². The number of benzene rings is 1. The first kappa shape index (κ1) is 13.8. The van der Waals surface area contributed by atoms with Crippen LogP contribution in [-0.2, 0) is 14.4 Å². The quantitative estimate of drug-likeness (QED) is 0.506. The fourth-order valence-corrected chi connectivity index (χ4v) is 3.34. The van der Waals surface area contributed by atoms with Gasteiger partial charge in [0.2, 0.25) is 0 Å². The Kier molecular flexibility index (Phi) is 3.06. The SMILES string of the molecule is O=C1CC(=O)C2C(=O)C1CC(O)C2c1ccc(O)c(O)c1. The molecule has 2 fully saturated rings. The fraction of sp³-hybridized carbons (Fsp3) is 0.400. The van der Waals surface area contributed by atoms with Crippen molar-refractivity contribution in [1.82, 2.24) is 0 Å². The maximum absolute atomic E-state index is 12.2. The number of phenols is 2. The molecule has 0 aromatic heterocycles. The summed E-state index contributed by atoms with van der Waals surface area (Å²) in [4.78, 5) is 36.0. The second kappa shape index (κ2) is 4.66. The first-order valence-electron chi connectivity index (χ1n) is 6.69. The van der Waals surface area contributed by atoms with Crippen LogP contribution in [0.15, 0.2) is 18.2 Å². The van der Waals surface area contributed by atoms with Crippen LogP contribution in [0.2, 0.25) is 0 Å². The molecule has 2 saturated carbocycles. The van der Waals surface area contributed by atoms with E-state index >= 15 is 0 Å². The highest BCUT2D eigenvalue weighted by Crippen LogP contribution is 2.44. The minimum atomic E-state index is -1.06. The summed E-state index contributed by atoms with van der Waals surface area (Å²) < 4.78 is 0. The summed E-state index contributed by atoms with van der Waals surface area (Å²) in [5.74, 6) is -4.80. The summed E-state index contributed by atoms with van der Waals surface area (Å²) >= 11 is 0. The zero-order chi connectivity index (χ0) is 15.3. The van der Waals surface area contributed by atoms with Crippen LogP contribution in [0.4, 0.5) is 0 Å². The molecule has 21 heavy (non-hydrogen) atoms. The molecule has 110 valence electrons. The monoisotopic (exact) mass is 290 g/mol. The van der Waals surface area contributed by atoms with Crippen molar-refractivity contribution >= 4 is 17.3 Å². The minimum absolute atomic E-state index is 0.00620. The molecule has 0 aliphatic heterocycles. The van der Waals surface area contributed by atoms with Gasteiger partial charge in [0.1, 0.15) is 0 Å². The maximum Gasteiger partial charge on any atom is 0.157 e. The van der Waals surface area contributed by atoms with Gasteiger partial charge >= 0.3 is 0 Å². The number of carbonyl (C=O) groups is 3. The lowest BCUT2D eigenvalue weighted by atomic mass is 9.62. The van der Waals surface area contributed by atoms with Gasteiger partial charge in [0.05, 0.1) is 24.4 Å². The van der Waals surface area contributed by atoms with Crippen molar-refractivity contribution < 1.29 is 29.7 Å². The number of phenolic OH excluding ortho intramolecular Hbond substituents is 2. The molecule has 2 aliphatic rings. The molecule has 6 nitrogen and oxygen atoms in total. The summed E-state index contributed by atoms with van der Waals surface area (Å²) in [6.45, 7) is 0. The first-order chi connectivity index (χ1) is 9.90. The van der Waals surface area contributed by atoms with Gasteiger partial charge in [-0.25, -0.2) is 0 Å². The molecule has 4 unspecified atom stereocenters. The zero-order valence-corrected chi connectivity index (χ0v) is 11.0. The summed E-state index contributed by atoms with van der Waals surface area (Å²) in [6, 6.07) is 3.94. The molecule has 0 amide bonds. The fourth-order valence-electron chi connectivity index (χ4n) is 3.34. The van der Waals surface area contributed by atoms with Crippen LogP contribution in [0.3, 0.4) is 0 Å². The number of carbonyl (C=O) groups excluding carboxylic acids is 3. The third-order valence-corrected chi connectivity index (χ3v) is 4.37. The van der Waals surface area contributed by atoms with Gasteiger partial charge in [-0.1, -0.05) is 6.07 Å². The summed E-state index contributed by atoms with van der Waals surface area (Å²) in [5.41, 5.74) is 0.400. The molecule has 2 bridgehead atoms. The highest BCUT2D eigenvalue weighted by molar-refractivity contribution is 6.23. The van der Waals surface area contributed by atoms with Crippen molar-refractivity contribution in [3.8, 4) is 11.5 Å². The van der Waals surface area contributed by atoms with E-state index < -0.39 is 41.2 Å². The number of aromatic hydroxyl groups is 2. The van der Waals surface area contributed by atoms with E-state index in [1.165, 1.54) is 18.2 Å². The van der Waals surface area contributed by atoms with Crippen molar-refractivity contribution in [2.24, 2.45) is 11.8 Å². The van der Waals surface area contributed by atoms with Gasteiger partial charge in [0.15, 0.2) is 28.8 Å². The Morgan fingerprint density at radius 1 is 1.00 bits per heavy atom. The molecule has 6 heteroatoms. The lowest BCUT2D eigenvalue weighted by Gasteiger charge is -2.40. The Hall–Kier alpha value is -2.21. The van der Waals surface area contributed by atoms with E-state index in [1.54, 1.807) is 0 Å². The summed E-state index contributed by atoms with van der Waals surface area (Å²) in [6.07, 6.45) is -1.31. The second-order valence-electron chi connectivity index (χ2n) is 5.62. The zero-order valence-electron chi connectivity index (χ0n) is 11.0. The maximum atomic E-state index is 12.2. The highest BCUT2D eigenvalue weighted by atomic mass is 16.3. The average molecular weight is 290 g/mol. The first-order valence-corrected chi connectivity index (χ1v) is 6.69. The Bertz CT molecular complexity index is 650. The molecule has 1 aromatic carbocycles. The Balaban J connectivity index is 2.05. The summed E-state index contributed by atoms with van der Waals surface area (Å²) in [5, 5.41) is 29.1. The number of hydrogen-bond acceptors (Lipinski definition) is 6. The van der Waals surface area contributed by atoms with E-state index in [2.05, 4.69) is 0 Å². The number of hydrogen-bond donors (Lipinski definition) is 3. The van der Waals surface area contributed by atoms with Crippen molar-refractivity contribution in [3.05, 3.63) is 23.8 Å². The predicted octanol–water partition coefficient (Wildman–Crippen LogP) is 0.289. The molecular formula is C15H14O6. The van der Waals surface area contributed by atoms with E-state index in [9.17, 15) is 29.7 Å². The summed E-state index contributed by atoms with van der Waals surface area (Å²) in [7, 11) is 0. The number of aliphatic hydroxyl groups excluding tert-OH is 1. The Morgan fingerprint density at radius 2 is 1.71 bits per heavy atom. The van der Waals surface area contributed by atoms with Crippen molar-refractivity contribution in [2.75, 3.05) is 0 Å².